The van der Waals surface area contributed by atoms with Gasteiger partial charge in [-0.3, -0.25) is 4.90 Å². The fraction of sp³-hybridized carbons (Fsp3) is 0.571. The highest BCUT2D eigenvalue weighted by molar-refractivity contribution is 7.90. The second-order valence-corrected chi connectivity index (χ2v) is 10.1. The first-order valence-electron chi connectivity index (χ1n) is 10.3. The molecule has 7 heteroatoms. The third-order valence-corrected chi connectivity index (χ3v) is 8.13. The van der Waals surface area contributed by atoms with Crippen molar-refractivity contribution in [3.8, 4) is 0 Å². The molecule has 152 valence electrons. The number of rotatable bonds is 5. The summed E-state index contributed by atoms with van der Waals surface area (Å²) in [7, 11) is -3.68. The number of aryl methyl sites for hydroxylation is 2. The van der Waals surface area contributed by atoms with E-state index in [2.05, 4.69) is 27.6 Å². The first-order chi connectivity index (χ1) is 13.5. The van der Waals surface area contributed by atoms with Crippen LogP contribution in [-0.4, -0.2) is 44.2 Å². The van der Waals surface area contributed by atoms with E-state index in [0.717, 1.165) is 50.8 Å². The second kappa shape index (κ2) is 7.87. The number of amides is 2. The average molecular weight is 404 g/mol. The highest BCUT2D eigenvalue weighted by Gasteiger charge is 2.32. The number of hydrogen-bond acceptors (Lipinski definition) is 4. The zero-order valence-corrected chi connectivity index (χ0v) is 17.1. The minimum Gasteiger partial charge on any atom is -0.307 e. The predicted molar refractivity (Wildman–Crippen MR) is 111 cm³/mol. The molecule has 6 nitrogen and oxygen atoms in total. The lowest BCUT2D eigenvalue weighted by atomic mass is 9.99. The van der Waals surface area contributed by atoms with E-state index in [4.69, 9.17) is 0 Å². The van der Waals surface area contributed by atoms with Gasteiger partial charge in [0.15, 0.2) is 0 Å². The molecular weight excluding hydrogens is 374 g/mol. The van der Waals surface area contributed by atoms with Gasteiger partial charge in [0.2, 0.25) is 10.0 Å². The molecule has 2 aliphatic carbocycles. The van der Waals surface area contributed by atoms with Crippen LogP contribution in [0.1, 0.15) is 47.9 Å². The highest BCUT2D eigenvalue weighted by Crippen LogP contribution is 2.38. The molecule has 1 fully saturated rings. The number of urea groups is 1. The Bertz CT molecular complexity index is 854. The molecule has 0 atom stereocenters. The molecule has 4 rings (SSSR count). The summed E-state index contributed by atoms with van der Waals surface area (Å²) in [5, 5.41) is 2.39. The summed E-state index contributed by atoms with van der Waals surface area (Å²) in [6, 6.07) is 1.67. The minimum absolute atomic E-state index is 0.522. The summed E-state index contributed by atoms with van der Waals surface area (Å²) in [5.74, 6) is 0. The highest BCUT2D eigenvalue weighted by atomic mass is 32.2. The summed E-state index contributed by atoms with van der Waals surface area (Å²) in [6.45, 7) is 5.91. The Morgan fingerprint density at radius 1 is 1.11 bits per heavy atom. The molecule has 0 unspecified atom stereocenters. The molecule has 1 aromatic carbocycles. The molecule has 1 aliphatic heterocycles. The quantitative estimate of drug-likeness (QED) is 0.741. The molecule has 0 saturated carbocycles. The van der Waals surface area contributed by atoms with Gasteiger partial charge in [-0.05, 0) is 86.7 Å². The predicted octanol–water partition coefficient (Wildman–Crippen LogP) is 2.77. The summed E-state index contributed by atoms with van der Waals surface area (Å²) >= 11 is 0. The van der Waals surface area contributed by atoms with E-state index < -0.39 is 21.3 Å². The monoisotopic (exact) mass is 403 g/mol. The number of nitrogens with zero attached hydrogens (tertiary/aromatic N) is 1. The van der Waals surface area contributed by atoms with E-state index in [1.165, 1.54) is 22.3 Å². The van der Waals surface area contributed by atoms with Crippen LogP contribution in [0.2, 0.25) is 0 Å². The largest absolute Gasteiger partial charge is 0.332 e. The third-order valence-electron chi connectivity index (χ3n) is 6.31. The Hall–Kier alpha value is -1.86. The fourth-order valence-corrected chi connectivity index (χ4v) is 6.21. The minimum atomic E-state index is -3.68. The average Bonchev–Trinajstić information content (AvgIpc) is 3.31. The van der Waals surface area contributed by atoms with E-state index in [9.17, 15) is 13.2 Å². The van der Waals surface area contributed by atoms with Crippen molar-refractivity contribution in [1.29, 1.82) is 0 Å². The maximum atomic E-state index is 12.7. The fourth-order valence-electron chi connectivity index (χ4n) is 4.90. The van der Waals surface area contributed by atoms with E-state index >= 15 is 0 Å². The Labute approximate surface area is 167 Å². The van der Waals surface area contributed by atoms with E-state index in [-0.39, 0.29) is 0 Å². The molecule has 2 amide bonds. The van der Waals surface area contributed by atoms with Gasteiger partial charge in [-0.1, -0.05) is 12.1 Å². The SMILES string of the molecule is C=CCN1CCC(S(=O)(=O)NC(=O)Nc2c3c(cc4c2CCC4)CCC3)CC1. The van der Waals surface area contributed by atoms with Crippen LogP contribution < -0.4 is 10.0 Å². The Morgan fingerprint density at radius 2 is 1.71 bits per heavy atom. The van der Waals surface area contributed by atoms with Crippen LogP contribution in [0, 0.1) is 0 Å². The molecule has 0 bridgehead atoms. The second-order valence-electron chi connectivity index (χ2n) is 8.12. The van der Waals surface area contributed by atoms with Crippen molar-refractivity contribution in [2.75, 3.05) is 25.0 Å². The van der Waals surface area contributed by atoms with Gasteiger partial charge in [-0.2, -0.15) is 0 Å². The van der Waals surface area contributed by atoms with Crippen LogP contribution in [0.25, 0.3) is 0 Å². The Balaban J connectivity index is 1.45. The Morgan fingerprint density at radius 3 is 2.29 bits per heavy atom. The molecule has 0 spiro atoms. The molecule has 1 heterocycles. The van der Waals surface area contributed by atoms with Crippen LogP contribution in [0.3, 0.4) is 0 Å². The number of sulfonamides is 1. The number of carbonyl (C=O) groups excluding carboxylic acids is 1. The zero-order chi connectivity index (χ0) is 19.7. The molecule has 28 heavy (non-hydrogen) atoms. The van der Waals surface area contributed by atoms with Gasteiger partial charge in [-0.15, -0.1) is 6.58 Å². The molecule has 1 saturated heterocycles. The van der Waals surface area contributed by atoms with Gasteiger partial charge in [0, 0.05) is 12.2 Å². The number of piperidine rings is 1. The van der Waals surface area contributed by atoms with Crippen LogP contribution >= 0.6 is 0 Å². The van der Waals surface area contributed by atoms with Gasteiger partial charge in [0.25, 0.3) is 0 Å². The lowest BCUT2D eigenvalue weighted by Gasteiger charge is -2.30. The number of carbonyl (C=O) groups is 1. The van der Waals surface area contributed by atoms with Crippen LogP contribution in [-0.2, 0) is 35.7 Å². The number of likely N-dealkylation sites (tertiary alicyclic amines) is 1. The lowest BCUT2D eigenvalue weighted by Crippen LogP contribution is -2.46. The Kier molecular flexibility index (Phi) is 5.47. The normalized spacial score (nSPS) is 19.9. The van der Waals surface area contributed by atoms with Crippen LogP contribution in [0.4, 0.5) is 10.5 Å². The standard InChI is InChI=1S/C21H29N3O3S/c1-2-11-24-12-9-17(10-13-24)28(26,27)23-21(25)22-20-18-7-3-5-15(18)14-16-6-4-8-19(16)20/h2,14,17H,1,3-13H2,(H2,22,23,25). The van der Waals surface area contributed by atoms with Gasteiger partial charge in [0.05, 0.1) is 5.25 Å². The maximum absolute atomic E-state index is 12.7. The topological polar surface area (TPSA) is 78.5 Å². The summed E-state index contributed by atoms with van der Waals surface area (Å²) in [6.07, 6.45) is 9.07. The van der Waals surface area contributed by atoms with Gasteiger partial charge in [0.1, 0.15) is 0 Å². The van der Waals surface area contributed by atoms with Crippen molar-refractivity contribution >= 4 is 21.7 Å². The molecule has 3 aliphatic rings. The number of hydrogen-bond donors (Lipinski definition) is 2. The van der Waals surface area contributed by atoms with Crippen LogP contribution in [0.5, 0.6) is 0 Å². The lowest BCUT2D eigenvalue weighted by molar-refractivity contribution is 0.249. The van der Waals surface area contributed by atoms with E-state index in [0.29, 0.717) is 25.9 Å². The molecule has 0 radical (unpaired) electrons. The van der Waals surface area contributed by atoms with E-state index in [1.54, 1.807) is 0 Å². The number of benzene rings is 1. The van der Waals surface area contributed by atoms with Gasteiger partial charge < -0.3 is 5.32 Å². The van der Waals surface area contributed by atoms with E-state index in [1.807, 2.05) is 6.08 Å². The third kappa shape index (κ3) is 3.82. The molecule has 0 aromatic heterocycles. The zero-order valence-electron chi connectivity index (χ0n) is 16.3. The molecule has 1 aromatic rings. The van der Waals surface area contributed by atoms with Crippen molar-refractivity contribution in [2.24, 2.45) is 0 Å². The summed E-state index contributed by atoms with van der Waals surface area (Å²) < 4.78 is 27.7. The summed E-state index contributed by atoms with van der Waals surface area (Å²) in [5.41, 5.74) is 5.90. The summed E-state index contributed by atoms with van der Waals surface area (Å²) in [4.78, 5) is 14.8. The number of nitrogens with one attached hydrogen (secondary N) is 2. The first-order valence-corrected chi connectivity index (χ1v) is 11.8. The molecular formula is C21H29N3O3S. The van der Waals surface area contributed by atoms with Crippen molar-refractivity contribution in [3.63, 3.8) is 0 Å². The van der Waals surface area contributed by atoms with Crippen molar-refractivity contribution in [3.05, 3.63) is 41.0 Å². The van der Waals surface area contributed by atoms with Crippen molar-refractivity contribution in [2.45, 2.75) is 56.6 Å². The van der Waals surface area contributed by atoms with Crippen LogP contribution in [0.15, 0.2) is 18.7 Å². The number of anilines is 1. The van der Waals surface area contributed by atoms with Gasteiger partial charge >= 0.3 is 6.03 Å². The molecule has 2 N–H and O–H groups in total. The number of fused-ring (bicyclic) bond motifs is 2. The smallest absolute Gasteiger partial charge is 0.307 e. The van der Waals surface area contributed by atoms with Gasteiger partial charge in [-0.25, -0.2) is 17.9 Å². The maximum Gasteiger partial charge on any atom is 0.332 e. The van der Waals surface area contributed by atoms with Crippen molar-refractivity contribution < 1.29 is 13.2 Å². The first kappa shape index (κ1) is 19.5. The van der Waals surface area contributed by atoms with Crippen molar-refractivity contribution in [1.82, 2.24) is 9.62 Å².